The van der Waals surface area contributed by atoms with Gasteiger partial charge in [0.2, 0.25) is 0 Å². The Balaban J connectivity index is 3.47. The van der Waals surface area contributed by atoms with Crippen molar-refractivity contribution in [3.05, 3.63) is 0 Å². The molecule has 0 spiro atoms. The average molecular weight is 192 g/mol. The van der Waals surface area contributed by atoms with Crippen LogP contribution in [0, 0.1) is 0 Å². The minimum Gasteiger partial charge on any atom is -0.384 e. The van der Waals surface area contributed by atoms with E-state index in [-0.39, 0.29) is 11.5 Å². The standard InChI is InChI=1S/C8H16O3S/c1-3-4-8(9)7-12(10)6-5-11-2/h3-7H2,1-2H3. The molecule has 4 heteroatoms. The zero-order valence-electron chi connectivity index (χ0n) is 7.67. The van der Waals surface area contributed by atoms with Crippen molar-refractivity contribution >= 4 is 16.6 Å². The summed E-state index contributed by atoms with van der Waals surface area (Å²) in [5, 5.41) is 0. The van der Waals surface area contributed by atoms with Gasteiger partial charge in [-0.05, 0) is 6.42 Å². The second-order valence-electron chi connectivity index (χ2n) is 2.57. The SMILES string of the molecule is CCCC(=O)CS(=O)CCOC. The summed E-state index contributed by atoms with van der Waals surface area (Å²) in [5.41, 5.74) is 0. The Morgan fingerprint density at radius 2 is 2.17 bits per heavy atom. The maximum absolute atomic E-state index is 11.1. The van der Waals surface area contributed by atoms with E-state index in [1.54, 1.807) is 7.11 Å². The molecule has 0 bridgehead atoms. The lowest BCUT2D eigenvalue weighted by Crippen LogP contribution is -2.14. The normalized spacial score (nSPS) is 12.8. The fraction of sp³-hybridized carbons (Fsp3) is 0.875. The average Bonchev–Trinajstić information content (AvgIpc) is 2.01. The second-order valence-corrected chi connectivity index (χ2v) is 4.15. The van der Waals surface area contributed by atoms with Crippen molar-refractivity contribution in [3.8, 4) is 0 Å². The van der Waals surface area contributed by atoms with Crippen molar-refractivity contribution in [2.24, 2.45) is 0 Å². The highest BCUT2D eigenvalue weighted by molar-refractivity contribution is 7.85. The molecule has 0 aliphatic rings. The van der Waals surface area contributed by atoms with Crippen molar-refractivity contribution in [2.75, 3.05) is 25.2 Å². The number of ketones is 1. The molecule has 0 aromatic rings. The van der Waals surface area contributed by atoms with E-state index in [1.807, 2.05) is 6.92 Å². The molecular weight excluding hydrogens is 176 g/mol. The summed E-state index contributed by atoms with van der Waals surface area (Å²) in [6, 6.07) is 0. The maximum atomic E-state index is 11.1. The zero-order chi connectivity index (χ0) is 9.40. The summed E-state index contributed by atoms with van der Waals surface area (Å²) in [4.78, 5) is 11.0. The summed E-state index contributed by atoms with van der Waals surface area (Å²) in [6.45, 7) is 2.40. The summed E-state index contributed by atoms with van der Waals surface area (Å²) >= 11 is 0. The highest BCUT2D eigenvalue weighted by Crippen LogP contribution is 1.92. The molecule has 0 saturated carbocycles. The van der Waals surface area contributed by atoms with Crippen LogP contribution in [0.2, 0.25) is 0 Å². The van der Waals surface area contributed by atoms with Crippen LogP contribution in [0.5, 0.6) is 0 Å². The van der Waals surface area contributed by atoms with Gasteiger partial charge in [0.1, 0.15) is 5.78 Å². The van der Waals surface area contributed by atoms with Crippen LogP contribution in [0.3, 0.4) is 0 Å². The molecule has 0 aromatic carbocycles. The van der Waals surface area contributed by atoms with Gasteiger partial charge in [0.05, 0.1) is 12.4 Å². The highest BCUT2D eigenvalue weighted by Gasteiger charge is 2.05. The van der Waals surface area contributed by atoms with Crippen LogP contribution in [-0.4, -0.2) is 35.2 Å². The number of carbonyl (C=O) groups excluding carboxylic acids is 1. The molecule has 1 unspecified atom stereocenters. The third-order valence-corrected chi connectivity index (χ3v) is 2.63. The summed E-state index contributed by atoms with van der Waals surface area (Å²) in [7, 11) is 0.535. The number of rotatable bonds is 7. The first-order chi connectivity index (χ1) is 5.70. The Labute approximate surface area is 75.9 Å². The molecule has 72 valence electrons. The van der Waals surface area contributed by atoms with Gasteiger partial charge in [-0.15, -0.1) is 0 Å². The maximum Gasteiger partial charge on any atom is 0.145 e. The fourth-order valence-electron chi connectivity index (χ4n) is 0.779. The van der Waals surface area contributed by atoms with E-state index in [9.17, 15) is 9.00 Å². The predicted molar refractivity (Wildman–Crippen MR) is 49.7 cm³/mol. The van der Waals surface area contributed by atoms with Gasteiger partial charge in [0.15, 0.2) is 0 Å². The van der Waals surface area contributed by atoms with Crippen LogP contribution in [0.1, 0.15) is 19.8 Å². The molecule has 0 radical (unpaired) electrons. The van der Waals surface area contributed by atoms with Crippen molar-refractivity contribution in [2.45, 2.75) is 19.8 Å². The Bertz CT molecular complexity index is 156. The molecule has 0 rings (SSSR count). The molecule has 0 amide bonds. The molecule has 0 aromatic heterocycles. The van der Waals surface area contributed by atoms with Gasteiger partial charge in [0.25, 0.3) is 0 Å². The van der Waals surface area contributed by atoms with Gasteiger partial charge in [-0.1, -0.05) is 6.92 Å². The van der Waals surface area contributed by atoms with Gasteiger partial charge >= 0.3 is 0 Å². The van der Waals surface area contributed by atoms with Crippen LogP contribution in [-0.2, 0) is 20.3 Å². The largest absolute Gasteiger partial charge is 0.384 e. The van der Waals surface area contributed by atoms with Crippen molar-refractivity contribution < 1.29 is 13.7 Å². The van der Waals surface area contributed by atoms with Gasteiger partial charge in [-0.25, -0.2) is 0 Å². The van der Waals surface area contributed by atoms with E-state index in [0.29, 0.717) is 18.8 Å². The number of hydrogen-bond donors (Lipinski definition) is 0. The third-order valence-electron chi connectivity index (χ3n) is 1.37. The lowest BCUT2D eigenvalue weighted by atomic mass is 10.3. The molecule has 3 nitrogen and oxygen atoms in total. The Hall–Kier alpha value is -0.220. The minimum atomic E-state index is -1.03. The van der Waals surface area contributed by atoms with Gasteiger partial charge in [-0.3, -0.25) is 9.00 Å². The van der Waals surface area contributed by atoms with E-state index in [4.69, 9.17) is 4.74 Å². The summed E-state index contributed by atoms with van der Waals surface area (Å²) in [6.07, 6.45) is 1.37. The molecule has 0 aliphatic carbocycles. The summed E-state index contributed by atoms with van der Waals surface area (Å²) < 4.78 is 15.8. The van der Waals surface area contributed by atoms with E-state index in [2.05, 4.69) is 0 Å². The second kappa shape index (κ2) is 7.43. The van der Waals surface area contributed by atoms with Crippen molar-refractivity contribution in [1.82, 2.24) is 0 Å². The molecule has 0 fully saturated rings. The van der Waals surface area contributed by atoms with Gasteiger partial charge < -0.3 is 4.74 Å². The van der Waals surface area contributed by atoms with Gasteiger partial charge in [-0.2, -0.15) is 0 Å². The van der Waals surface area contributed by atoms with Crippen molar-refractivity contribution in [1.29, 1.82) is 0 Å². The first kappa shape index (κ1) is 11.8. The predicted octanol–water partition coefficient (Wildman–Crippen LogP) is 0.751. The third kappa shape index (κ3) is 6.49. The van der Waals surface area contributed by atoms with E-state index < -0.39 is 10.8 Å². The first-order valence-corrected chi connectivity index (χ1v) is 5.55. The van der Waals surface area contributed by atoms with Crippen LogP contribution in [0.15, 0.2) is 0 Å². The smallest absolute Gasteiger partial charge is 0.145 e. The summed E-state index contributed by atoms with van der Waals surface area (Å²) in [5.74, 6) is 0.746. The van der Waals surface area contributed by atoms with E-state index in [1.165, 1.54) is 0 Å². The van der Waals surface area contributed by atoms with Gasteiger partial charge in [0, 0.05) is 30.1 Å². The minimum absolute atomic E-state index is 0.0898. The molecule has 0 saturated heterocycles. The van der Waals surface area contributed by atoms with Crippen LogP contribution in [0.25, 0.3) is 0 Å². The molecule has 1 atom stereocenters. The lowest BCUT2D eigenvalue weighted by Gasteiger charge is -1.99. The zero-order valence-corrected chi connectivity index (χ0v) is 8.49. The fourth-order valence-corrected chi connectivity index (χ4v) is 1.78. The number of methoxy groups -OCH3 is 1. The van der Waals surface area contributed by atoms with Crippen LogP contribution >= 0.6 is 0 Å². The van der Waals surface area contributed by atoms with Crippen molar-refractivity contribution in [3.63, 3.8) is 0 Å². The monoisotopic (exact) mass is 192 g/mol. The number of carbonyl (C=O) groups is 1. The molecule has 0 heterocycles. The quantitative estimate of drug-likeness (QED) is 0.598. The van der Waals surface area contributed by atoms with Crippen LogP contribution < -0.4 is 0 Å². The van der Waals surface area contributed by atoms with E-state index >= 15 is 0 Å². The number of Topliss-reactive ketones (excluding diaryl/α,β-unsaturated/α-hetero) is 1. The van der Waals surface area contributed by atoms with Crippen LogP contribution in [0.4, 0.5) is 0 Å². The Morgan fingerprint density at radius 1 is 1.50 bits per heavy atom. The lowest BCUT2D eigenvalue weighted by molar-refractivity contribution is -0.116. The highest BCUT2D eigenvalue weighted by atomic mass is 32.2. The Morgan fingerprint density at radius 3 is 2.67 bits per heavy atom. The first-order valence-electron chi connectivity index (χ1n) is 4.06. The topological polar surface area (TPSA) is 43.4 Å². The molecular formula is C8H16O3S. The number of hydrogen-bond acceptors (Lipinski definition) is 3. The number of ether oxygens (including phenoxy) is 1. The Kier molecular flexibility index (Phi) is 7.29. The van der Waals surface area contributed by atoms with E-state index in [0.717, 1.165) is 6.42 Å². The molecule has 12 heavy (non-hydrogen) atoms. The molecule has 0 N–H and O–H groups in total. The molecule has 0 aliphatic heterocycles.